The monoisotopic (exact) mass is 250 g/mol. The van der Waals surface area contributed by atoms with Gasteiger partial charge in [0.15, 0.2) is 0 Å². The first kappa shape index (κ1) is 14.1. The first-order valence-corrected chi connectivity index (χ1v) is 7.62. The third-order valence-corrected chi connectivity index (χ3v) is 4.60. The maximum atomic E-state index is 6.08. The lowest BCUT2D eigenvalue weighted by molar-refractivity contribution is 0.197. The molecule has 0 amide bonds. The Labute approximate surface area is 113 Å². The fraction of sp³-hybridized carbons (Fsp3) is 0.875. The predicted molar refractivity (Wildman–Crippen MR) is 78.5 cm³/mol. The molecule has 1 fully saturated rings. The highest BCUT2D eigenvalue weighted by Crippen LogP contribution is 2.31. The second-order valence-electron chi connectivity index (χ2n) is 7.28. The van der Waals surface area contributed by atoms with E-state index in [1.165, 1.54) is 45.2 Å². The van der Waals surface area contributed by atoms with Gasteiger partial charge in [0.2, 0.25) is 0 Å². The Hall–Kier alpha value is -0.340. The molecule has 0 aromatic rings. The van der Waals surface area contributed by atoms with E-state index >= 15 is 0 Å². The average molecular weight is 250 g/mol. The van der Waals surface area contributed by atoms with Crippen molar-refractivity contribution < 1.29 is 0 Å². The molecule has 104 valence electrons. The van der Waals surface area contributed by atoms with Crippen molar-refractivity contribution in [3.63, 3.8) is 0 Å². The van der Waals surface area contributed by atoms with Crippen LogP contribution in [0, 0.1) is 11.3 Å². The molecule has 1 heterocycles. The van der Waals surface area contributed by atoms with E-state index < -0.39 is 0 Å². The fourth-order valence-electron chi connectivity index (χ4n) is 3.42. The van der Waals surface area contributed by atoms with E-state index in [1.54, 1.807) is 5.57 Å². The van der Waals surface area contributed by atoms with Crippen LogP contribution in [0.2, 0.25) is 0 Å². The molecule has 2 aliphatic rings. The molecule has 2 atom stereocenters. The number of hydrogen-bond acceptors (Lipinski definition) is 2. The summed E-state index contributed by atoms with van der Waals surface area (Å²) in [5.74, 6) is 0.846. The third-order valence-electron chi connectivity index (χ3n) is 4.60. The minimum absolute atomic E-state index is 0.360. The zero-order valence-electron chi connectivity index (χ0n) is 12.4. The molecule has 0 radical (unpaired) electrons. The predicted octanol–water partition coefficient (Wildman–Crippen LogP) is 3.18. The van der Waals surface area contributed by atoms with Crippen molar-refractivity contribution >= 4 is 0 Å². The highest BCUT2D eigenvalue weighted by molar-refractivity contribution is 5.14. The van der Waals surface area contributed by atoms with Crippen LogP contribution in [0.15, 0.2) is 11.6 Å². The molecule has 1 aliphatic carbocycles. The Morgan fingerprint density at radius 1 is 1.33 bits per heavy atom. The van der Waals surface area contributed by atoms with Crippen LogP contribution in [-0.4, -0.2) is 30.6 Å². The third kappa shape index (κ3) is 3.83. The van der Waals surface area contributed by atoms with Crippen molar-refractivity contribution in [2.24, 2.45) is 17.1 Å². The van der Waals surface area contributed by atoms with Gasteiger partial charge in [-0.1, -0.05) is 38.8 Å². The van der Waals surface area contributed by atoms with Crippen molar-refractivity contribution in [2.45, 2.75) is 58.9 Å². The van der Waals surface area contributed by atoms with Crippen LogP contribution >= 0.6 is 0 Å². The van der Waals surface area contributed by atoms with Gasteiger partial charge in [-0.25, -0.2) is 0 Å². The molecule has 0 aromatic carbocycles. The standard InChI is InChI=1S/C16H30N2/c1-16(2,3)14-7-9-18(10-8-14)12-13-5-4-6-15(17)11-13/h7,13,15H,4-6,8-12,17H2,1-3H3. The van der Waals surface area contributed by atoms with E-state index in [0.717, 1.165) is 12.5 Å². The Morgan fingerprint density at radius 2 is 2.11 bits per heavy atom. The number of nitrogens with zero attached hydrogens (tertiary/aromatic N) is 1. The molecule has 1 saturated carbocycles. The number of nitrogens with two attached hydrogens (primary N) is 1. The average Bonchev–Trinajstić information content (AvgIpc) is 2.28. The SMILES string of the molecule is CC(C)(C)C1=CCN(CC2CCCC(N)C2)CC1. The summed E-state index contributed by atoms with van der Waals surface area (Å²) < 4.78 is 0. The van der Waals surface area contributed by atoms with Crippen molar-refractivity contribution in [3.8, 4) is 0 Å². The molecule has 2 heteroatoms. The van der Waals surface area contributed by atoms with Gasteiger partial charge in [0, 0.05) is 25.7 Å². The Morgan fingerprint density at radius 3 is 2.67 bits per heavy atom. The number of hydrogen-bond donors (Lipinski definition) is 1. The molecule has 0 bridgehead atoms. The van der Waals surface area contributed by atoms with Gasteiger partial charge >= 0.3 is 0 Å². The van der Waals surface area contributed by atoms with Gasteiger partial charge in [-0.15, -0.1) is 0 Å². The Bertz CT molecular complexity index is 301. The molecule has 2 unspecified atom stereocenters. The van der Waals surface area contributed by atoms with Gasteiger partial charge in [-0.05, 0) is 37.0 Å². The lowest BCUT2D eigenvalue weighted by Gasteiger charge is -2.35. The largest absolute Gasteiger partial charge is 0.328 e. The minimum Gasteiger partial charge on any atom is -0.328 e. The van der Waals surface area contributed by atoms with Gasteiger partial charge in [0.05, 0.1) is 0 Å². The Kier molecular flexibility index (Phi) is 4.50. The summed E-state index contributed by atoms with van der Waals surface area (Å²) in [6.07, 6.45) is 8.92. The van der Waals surface area contributed by atoms with E-state index in [4.69, 9.17) is 5.73 Å². The van der Waals surface area contributed by atoms with Crippen LogP contribution in [0.1, 0.15) is 52.9 Å². The highest BCUT2D eigenvalue weighted by Gasteiger charge is 2.24. The molecular formula is C16H30N2. The zero-order valence-corrected chi connectivity index (χ0v) is 12.4. The molecule has 0 spiro atoms. The lowest BCUT2D eigenvalue weighted by atomic mass is 9.82. The maximum Gasteiger partial charge on any atom is 0.0166 e. The first-order valence-electron chi connectivity index (χ1n) is 7.62. The van der Waals surface area contributed by atoms with E-state index in [2.05, 4.69) is 31.7 Å². The maximum absolute atomic E-state index is 6.08. The molecule has 18 heavy (non-hydrogen) atoms. The van der Waals surface area contributed by atoms with Crippen LogP contribution in [0.4, 0.5) is 0 Å². The van der Waals surface area contributed by atoms with E-state index in [-0.39, 0.29) is 0 Å². The van der Waals surface area contributed by atoms with Gasteiger partial charge in [-0.2, -0.15) is 0 Å². The zero-order chi connectivity index (χ0) is 13.2. The van der Waals surface area contributed by atoms with Crippen LogP contribution in [0.5, 0.6) is 0 Å². The van der Waals surface area contributed by atoms with Crippen molar-refractivity contribution in [3.05, 3.63) is 11.6 Å². The van der Waals surface area contributed by atoms with Gasteiger partial charge in [0.1, 0.15) is 0 Å². The quantitative estimate of drug-likeness (QED) is 0.763. The summed E-state index contributed by atoms with van der Waals surface area (Å²) in [6, 6.07) is 0.467. The summed E-state index contributed by atoms with van der Waals surface area (Å²) in [6.45, 7) is 10.6. The van der Waals surface area contributed by atoms with Crippen molar-refractivity contribution in [1.29, 1.82) is 0 Å². The second-order valence-corrected chi connectivity index (χ2v) is 7.28. The lowest BCUT2D eigenvalue weighted by Crippen LogP contribution is -2.38. The molecule has 0 saturated heterocycles. The van der Waals surface area contributed by atoms with E-state index in [0.29, 0.717) is 11.5 Å². The fourth-order valence-corrected chi connectivity index (χ4v) is 3.42. The molecular weight excluding hydrogens is 220 g/mol. The van der Waals surface area contributed by atoms with Crippen LogP contribution in [-0.2, 0) is 0 Å². The second kappa shape index (κ2) is 5.75. The number of rotatable bonds is 2. The van der Waals surface area contributed by atoms with Crippen LogP contribution < -0.4 is 5.73 Å². The summed E-state index contributed by atoms with van der Waals surface area (Å²) in [7, 11) is 0. The van der Waals surface area contributed by atoms with Gasteiger partial charge in [0.25, 0.3) is 0 Å². The summed E-state index contributed by atoms with van der Waals surface area (Å²) in [5, 5.41) is 0. The smallest absolute Gasteiger partial charge is 0.0166 e. The molecule has 1 aliphatic heterocycles. The van der Waals surface area contributed by atoms with Gasteiger partial charge in [-0.3, -0.25) is 4.90 Å². The van der Waals surface area contributed by atoms with E-state index in [9.17, 15) is 0 Å². The Balaban J connectivity index is 1.81. The molecule has 2 nitrogen and oxygen atoms in total. The van der Waals surface area contributed by atoms with Crippen LogP contribution in [0.25, 0.3) is 0 Å². The van der Waals surface area contributed by atoms with E-state index in [1.807, 2.05) is 0 Å². The summed E-state index contributed by atoms with van der Waals surface area (Å²) in [4.78, 5) is 2.62. The molecule has 2 N–H and O–H groups in total. The van der Waals surface area contributed by atoms with Crippen LogP contribution in [0.3, 0.4) is 0 Å². The van der Waals surface area contributed by atoms with Gasteiger partial charge < -0.3 is 5.73 Å². The normalized spacial score (nSPS) is 31.2. The van der Waals surface area contributed by atoms with Crippen molar-refractivity contribution in [1.82, 2.24) is 4.90 Å². The van der Waals surface area contributed by atoms with Crippen molar-refractivity contribution in [2.75, 3.05) is 19.6 Å². The highest BCUT2D eigenvalue weighted by atomic mass is 15.1. The topological polar surface area (TPSA) is 29.3 Å². The minimum atomic E-state index is 0.360. The summed E-state index contributed by atoms with van der Waals surface area (Å²) in [5.41, 5.74) is 8.08. The molecule has 2 rings (SSSR count). The molecule has 0 aromatic heterocycles. The summed E-state index contributed by atoms with van der Waals surface area (Å²) >= 11 is 0. The first-order chi connectivity index (χ1) is 8.45.